The Bertz CT molecular complexity index is 498. The molecule has 1 aliphatic rings. The Balaban J connectivity index is 3.17. The molecular weight excluding hydrogens is 374 g/mol. The number of aliphatic hydroxyl groups excluding tert-OH is 6. The number of aliphatic hydroxyl groups is 6. The number of carbonyl (C=O) groups excluding carboxylic acids is 1. The number of rotatable bonds is 8. The number of nitrogens with one attached hydrogen (secondary N) is 1. The Kier molecular flexibility index (Phi) is 9.23. The van der Waals surface area contributed by atoms with E-state index in [1.807, 2.05) is 20.8 Å². The summed E-state index contributed by atoms with van der Waals surface area (Å²) in [5.74, 6) is -0.400. The molecule has 28 heavy (non-hydrogen) atoms. The molecule has 1 rings (SSSR count). The van der Waals surface area contributed by atoms with Gasteiger partial charge in [-0.05, 0) is 18.8 Å². The third-order valence-electron chi connectivity index (χ3n) is 4.64. The van der Waals surface area contributed by atoms with Gasteiger partial charge in [-0.15, -0.1) is 0 Å². The van der Waals surface area contributed by atoms with E-state index in [-0.39, 0.29) is 5.41 Å². The molecule has 0 unspecified atom stereocenters. The van der Waals surface area contributed by atoms with Crippen molar-refractivity contribution in [3.8, 4) is 0 Å². The van der Waals surface area contributed by atoms with Gasteiger partial charge in [0.05, 0.1) is 18.8 Å². The van der Waals surface area contributed by atoms with Crippen LogP contribution < -0.4 is 5.32 Å². The van der Waals surface area contributed by atoms with Crippen LogP contribution >= 0.6 is 0 Å². The van der Waals surface area contributed by atoms with Crippen LogP contribution in [0.3, 0.4) is 0 Å². The highest BCUT2D eigenvalue weighted by Crippen LogP contribution is 2.29. The molecule has 1 fully saturated rings. The van der Waals surface area contributed by atoms with Gasteiger partial charge in [0.2, 0.25) is 5.91 Å². The van der Waals surface area contributed by atoms with Crippen molar-refractivity contribution >= 4 is 5.91 Å². The van der Waals surface area contributed by atoms with Crippen LogP contribution in [-0.4, -0.2) is 98.2 Å². The van der Waals surface area contributed by atoms with E-state index in [4.69, 9.17) is 9.47 Å². The second-order valence-electron chi connectivity index (χ2n) is 8.59. The Morgan fingerprint density at radius 3 is 2.18 bits per heavy atom. The molecule has 1 amide bonds. The van der Waals surface area contributed by atoms with Crippen molar-refractivity contribution in [1.82, 2.24) is 5.32 Å². The largest absolute Gasteiger partial charge is 0.394 e. The zero-order chi connectivity index (χ0) is 21.8. The van der Waals surface area contributed by atoms with Crippen LogP contribution in [0.25, 0.3) is 0 Å². The predicted molar refractivity (Wildman–Crippen MR) is 98.0 cm³/mol. The van der Waals surface area contributed by atoms with Crippen molar-refractivity contribution in [3.05, 3.63) is 0 Å². The molecule has 0 aliphatic carbocycles. The van der Waals surface area contributed by atoms with Gasteiger partial charge in [-0.3, -0.25) is 4.79 Å². The van der Waals surface area contributed by atoms with Crippen LogP contribution in [-0.2, 0) is 14.3 Å². The van der Waals surface area contributed by atoms with Crippen LogP contribution in [0.2, 0.25) is 0 Å². The zero-order valence-corrected chi connectivity index (χ0v) is 17.0. The van der Waals surface area contributed by atoms with E-state index in [0.29, 0.717) is 6.42 Å². The molecule has 9 atom stereocenters. The van der Waals surface area contributed by atoms with E-state index in [0.717, 1.165) is 0 Å². The molecule has 1 heterocycles. The molecule has 7 N–H and O–H groups in total. The van der Waals surface area contributed by atoms with Crippen LogP contribution in [0.1, 0.15) is 41.0 Å². The highest BCUT2D eigenvalue weighted by Gasteiger charge is 2.46. The molecule has 1 aliphatic heterocycles. The van der Waals surface area contributed by atoms with Crippen molar-refractivity contribution in [2.45, 2.75) is 96.1 Å². The van der Waals surface area contributed by atoms with Gasteiger partial charge >= 0.3 is 0 Å². The van der Waals surface area contributed by atoms with E-state index < -0.39 is 67.6 Å². The number of carbonyl (C=O) groups is 1. The lowest BCUT2D eigenvalue weighted by molar-refractivity contribution is -0.315. The van der Waals surface area contributed by atoms with Crippen molar-refractivity contribution in [1.29, 1.82) is 0 Å². The number of amides is 1. The van der Waals surface area contributed by atoms with E-state index in [1.165, 1.54) is 13.8 Å². The summed E-state index contributed by atoms with van der Waals surface area (Å²) in [5.41, 5.74) is -0.312. The summed E-state index contributed by atoms with van der Waals surface area (Å²) >= 11 is 0. The van der Waals surface area contributed by atoms with Gasteiger partial charge in [-0.1, -0.05) is 20.8 Å². The summed E-state index contributed by atoms with van der Waals surface area (Å²) < 4.78 is 11.1. The first-order valence-corrected chi connectivity index (χ1v) is 9.37. The summed E-state index contributed by atoms with van der Waals surface area (Å²) in [6, 6.07) is -0.802. The van der Waals surface area contributed by atoms with E-state index >= 15 is 0 Å². The summed E-state index contributed by atoms with van der Waals surface area (Å²) in [6.45, 7) is 7.72. The third kappa shape index (κ3) is 6.89. The van der Waals surface area contributed by atoms with Gasteiger partial charge in [-0.25, -0.2) is 0 Å². The van der Waals surface area contributed by atoms with Crippen molar-refractivity contribution < 1.29 is 44.9 Å². The maximum atomic E-state index is 11.7. The monoisotopic (exact) mass is 409 g/mol. The van der Waals surface area contributed by atoms with E-state index in [2.05, 4.69) is 5.32 Å². The molecule has 166 valence electrons. The van der Waals surface area contributed by atoms with Crippen molar-refractivity contribution in [2.24, 2.45) is 5.41 Å². The maximum Gasteiger partial charge on any atom is 0.217 e. The van der Waals surface area contributed by atoms with Gasteiger partial charge in [0.1, 0.15) is 36.6 Å². The standard InChI is InChI=1S/C18H35NO9/c1-8-12(23)14(25)15(26)17(27-8)28-16(13(24)11(22)7-20)10(19-9(2)21)6-18(3,4)5/h8,10-17,20,22-26H,6-7H2,1-5H3,(H,19,21)/t8-,10-,11+,12+,13+,14+,15-,16+,17-/m0/s1. The summed E-state index contributed by atoms with van der Waals surface area (Å²) in [6.07, 6.45) is -11.0. The smallest absolute Gasteiger partial charge is 0.217 e. The minimum atomic E-state index is -1.63. The molecule has 0 aromatic heterocycles. The average Bonchev–Trinajstić information content (AvgIpc) is 2.58. The summed E-state index contributed by atoms with van der Waals surface area (Å²) in [4.78, 5) is 11.7. The molecule has 0 aromatic rings. The quantitative estimate of drug-likeness (QED) is 0.236. The highest BCUT2D eigenvalue weighted by atomic mass is 16.7. The lowest BCUT2D eigenvalue weighted by atomic mass is 9.84. The molecule has 0 radical (unpaired) electrons. The van der Waals surface area contributed by atoms with Crippen LogP contribution in [0.5, 0.6) is 0 Å². The SMILES string of the molecule is CC(=O)N[C@@H](CC(C)(C)C)[C@@H](O[C@@H]1O[C@@H](C)[C@@H](O)[C@@H](O)[C@@H]1O)[C@H](O)[C@H](O)CO. The van der Waals surface area contributed by atoms with Gasteiger partial charge in [0.25, 0.3) is 0 Å². The van der Waals surface area contributed by atoms with Gasteiger partial charge in [0, 0.05) is 6.92 Å². The van der Waals surface area contributed by atoms with Crippen molar-refractivity contribution in [2.75, 3.05) is 6.61 Å². The van der Waals surface area contributed by atoms with Gasteiger partial charge < -0.3 is 45.4 Å². The molecular formula is C18H35NO9. The van der Waals surface area contributed by atoms with Crippen molar-refractivity contribution in [3.63, 3.8) is 0 Å². The summed E-state index contributed by atoms with van der Waals surface area (Å²) in [5, 5.41) is 62.3. The normalized spacial score (nSPS) is 33.0. The molecule has 10 heteroatoms. The number of hydrogen-bond acceptors (Lipinski definition) is 9. The lowest BCUT2D eigenvalue weighted by Crippen LogP contribution is -2.61. The predicted octanol–water partition coefficient (Wildman–Crippen LogP) is -2.15. The maximum absolute atomic E-state index is 11.7. The Morgan fingerprint density at radius 2 is 1.71 bits per heavy atom. The van der Waals surface area contributed by atoms with Crippen LogP contribution in [0.15, 0.2) is 0 Å². The topological polar surface area (TPSA) is 169 Å². The highest BCUT2D eigenvalue weighted by molar-refractivity contribution is 5.73. The Morgan fingerprint density at radius 1 is 1.14 bits per heavy atom. The summed E-state index contributed by atoms with van der Waals surface area (Å²) in [7, 11) is 0. The van der Waals surface area contributed by atoms with Crippen LogP contribution in [0, 0.1) is 5.41 Å². The third-order valence-corrected chi connectivity index (χ3v) is 4.64. The minimum Gasteiger partial charge on any atom is -0.394 e. The average molecular weight is 409 g/mol. The molecule has 0 saturated carbocycles. The zero-order valence-electron chi connectivity index (χ0n) is 17.0. The Labute approximate surface area is 165 Å². The fourth-order valence-corrected chi connectivity index (χ4v) is 3.19. The first-order valence-electron chi connectivity index (χ1n) is 9.37. The molecule has 1 saturated heterocycles. The fraction of sp³-hybridized carbons (Fsp3) is 0.944. The fourth-order valence-electron chi connectivity index (χ4n) is 3.19. The second-order valence-corrected chi connectivity index (χ2v) is 8.59. The second kappa shape index (κ2) is 10.3. The van der Waals surface area contributed by atoms with Gasteiger partial charge in [0.15, 0.2) is 6.29 Å². The van der Waals surface area contributed by atoms with Gasteiger partial charge in [-0.2, -0.15) is 0 Å². The first kappa shape index (κ1) is 25.2. The number of ether oxygens (including phenoxy) is 2. The minimum absolute atomic E-state index is 0.312. The van der Waals surface area contributed by atoms with E-state index in [9.17, 15) is 35.4 Å². The van der Waals surface area contributed by atoms with E-state index in [1.54, 1.807) is 0 Å². The molecule has 0 aromatic carbocycles. The molecule has 10 nitrogen and oxygen atoms in total. The Hall–Kier alpha value is -0.850. The number of hydrogen-bond donors (Lipinski definition) is 7. The first-order chi connectivity index (χ1) is 12.8. The van der Waals surface area contributed by atoms with Crippen LogP contribution in [0.4, 0.5) is 0 Å². The molecule has 0 spiro atoms. The molecule has 0 bridgehead atoms. The lowest BCUT2D eigenvalue weighted by Gasteiger charge is -2.43.